The summed E-state index contributed by atoms with van der Waals surface area (Å²) in [5, 5.41) is 2.92. The molecule has 0 spiro atoms. The summed E-state index contributed by atoms with van der Waals surface area (Å²) in [4.78, 5) is 0. The Hall–Kier alpha value is -2.08. The summed E-state index contributed by atoms with van der Waals surface area (Å²) in [5.41, 5.74) is 7.13. The molecule has 2 aliphatic carbocycles. The van der Waals surface area contributed by atoms with Gasteiger partial charge in [-0.25, -0.2) is 0 Å². The maximum Gasteiger partial charge on any atom is -0.00972 e. The van der Waals surface area contributed by atoms with E-state index in [9.17, 15) is 0 Å². The lowest BCUT2D eigenvalue weighted by Crippen LogP contribution is -2.00. The van der Waals surface area contributed by atoms with E-state index in [1.54, 1.807) is 0 Å². The highest BCUT2D eigenvalue weighted by molar-refractivity contribution is 6.00. The quantitative estimate of drug-likeness (QED) is 0.555. The molecule has 0 nitrogen and oxygen atoms in total. The molecule has 0 atom stereocenters. The molecule has 0 saturated carbocycles. The molecule has 0 saturated heterocycles. The zero-order valence-electron chi connectivity index (χ0n) is 11.8. The van der Waals surface area contributed by atoms with Gasteiger partial charge in [0.25, 0.3) is 0 Å². The van der Waals surface area contributed by atoms with Crippen LogP contribution in [0.2, 0.25) is 0 Å². The largest absolute Gasteiger partial charge is 0.0622 e. The number of rotatable bonds is 1. The molecule has 4 bridgehead atoms. The Kier molecular flexibility index (Phi) is 2.63. The van der Waals surface area contributed by atoms with Gasteiger partial charge in [0, 0.05) is 0 Å². The lowest BCUT2D eigenvalue weighted by Gasteiger charge is -2.18. The van der Waals surface area contributed by atoms with E-state index in [2.05, 4.69) is 61.5 Å². The van der Waals surface area contributed by atoms with Gasteiger partial charge in [-0.2, -0.15) is 0 Å². The minimum atomic E-state index is 1.20. The van der Waals surface area contributed by atoms with Gasteiger partial charge >= 0.3 is 0 Å². The summed E-state index contributed by atoms with van der Waals surface area (Å²) < 4.78 is 0. The van der Waals surface area contributed by atoms with Crippen molar-refractivity contribution in [3.63, 3.8) is 0 Å². The van der Waals surface area contributed by atoms with Gasteiger partial charge < -0.3 is 0 Å². The van der Waals surface area contributed by atoms with Crippen LogP contribution in [0.25, 0.3) is 21.9 Å². The van der Waals surface area contributed by atoms with Gasteiger partial charge in [-0.05, 0) is 64.8 Å². The van der Waals surface area contributed by atoms with E-state index in [1.807, 2.05) is 0 Å². The molecule has 0 heteroatoms. The third-order valence-corrected chi connectivity index (χ3v) is 4.45. The molecule has 20 heavy (non-hydrogen) atoms. The molecule has 0 aromatic heterocycles. The van der Waals surface area contributed by atoms with Crippen LogP contribution in [0.5, 0.6) is 0 Å². The molecule has 0 heterocycles. The van der Waals surface area contributed by atoms with Crippen molar-refractivity contribution < 1.29 is 0 Å². The van der Waals surface area contributed by atoms with Gasteiger partial charge in [0.15, 0.2) is 0 Å². The first-order valence-corrected chi connectivity index (χ1v) is 7.43. The molecule has 98 valence electrons. The fourth-order valence-electron chi connectivity index (χ4n) is 3.56. The van der Waals surface area contributed by atoms with Gasteiger partial charge in [-0.3, -0.25) is 0 Å². The number of benzene rings is 3. The molecule has 5 rings (SSSR count). The average Bonchev–Trinajstić information content (AvgIpc) is 2.46. The van der Waals surface area contributed by atoms with Crippen molar-refractivity contribution in [1.29, 1.82) is 0 Å². The van der Waals surface area contributed by atoms with Crippen LogP contribution in [0.1, 0.15) is 23.1 Å². The van der Waals surface area contributed by atoms with Crippen LogP contribution in [0, 0.1) is 6.92 Å². The molecular formula is C20H18. The van der Waals surface area contributed by atoms with Crippen LogP contribution < -0.4 is 0 Å². The monoisotopic (exact) mass is 258 g/mol. The minimum absolute atomic E-state index is 1.20. The van der Waals surface area contributed by atoms with Crippen LogP contribution in [0.15, 0.2) is 54.6 Å². The van der Waals surface area contributed by atoms with E-state index in [0.717, 1.165) is 0 Å². The highest BCUT2D eigenvalue weighted by Crippen LogP contribution is 2.36. The Balaban J connectivity index is 2.11. The maximum absolute atomic E-state index is 2.41. The van der Waals surface area contributed by atoms with E-state index >= 15 is 0 Å². The predicted molar refractivity (Wildman–Crippen MR) is 86.1 cm³/mol. The smallest absolute Gasteiger partial charge is 0.00972 e. The van der Waals surface area contributed by atoms with Gasteiger partial charge in [-0.15, -0.1) is 0 Å². The summed E-state index contributed by atoms with van der Waals surface area (Å²) in [7, 11) is 0. The zero-order chi connectivity index (χ0) is 13.5. The lowest BCUT2D eigenvalue weighted by molar-refractivity contribution is 0.819. The fourth-order valence-corrected chi connectivity index (χ4v) is 3.56. The van der Waals surface area contributed by atoms with E-state index in [0.29, 0.717) is 0 Å². The second-order valence-corrected chi connectivity index (χ2v) is 5.83. The highest BCUT2D eigenvalue weighted by atomic mass is 14.2. The molecule has 0 radical (unpaired) electrons. The second kappa shape index (κ2) is 4.49. The average molecular weight is 258 g/mol. The van der Waals surface area contributed by atoms with Crippen molar-refractivity contribution in [3.8, 4) is 11.1 Å². The topological polar surface area (TPSA) is 0 Å². The second-order valence-electron chi connectivity index (χ2n) is 5.83. The number of aryl methyl sites for hydroxylation is 3. The van der Waals surface area contributed by atoms with E-state index in [4.69, 9.17) is 0 Å². The number of hydrogen-bond donors (Lipinski definition) is 0. The van der Waals surface area contributed by atoms with Gasteiger partial charge in [0.05, 0.1) is 0 Å². The first-order chi connectivity index (χ1) is 9.83. The van der Waals surface area contributed by atoms with Crippen LogP contribution in [0.4, 0.5) is 0 Å². The Morgan fingerprint density at radius 1 is 0.850 bits per heavy atom. The molecule has 3 aromatic carbocycles. The van der Waals surface area contributed by atoms with E-state index in [-0.39, 0.29) is 0 Å². The van der Waals surface area contributed by atoms with Crippen molar-refractivity contribution in [2.45, 2.75) is 26.2 Å². The van der Waals surface area contributed by atoms with E-state index in [1.165, 1.54) is 57.9 Å². The summed E-state index contributed by atoms with van der Waals surface area (Å²) in [5.74, 6) is 0. The summed E-state index contributed by atoms with van der Waals surface area (Å²) in [6.07, 6.45) is 3.68. The molecule has 0 amide bonds. The van der Waals surface area contributed by atoms with Crippen molar-refractivity contribution in [3.05, 3.63) is 71.3 Å². The van der Waals surface area contributed by atoms with Gasteiger partial charge in [0.2, 0.25) is 0 Å². The fraction of sp³-hybridized carbons (Fsp3) is 0.200. The first-order valence-electron chi connectivity index (χ1n) is 7.43. The van der Waals surface area contributed by atoms with Gasteiger partial charge in [0.1, 0.15) is 0 Å². The Morgan fingerprint density at radius 2 is 1.70 bits per heavy atom. The van der Waals surface area contributed by atoms with Crippen LogP contribution >= 0.6 is 0 Å². The molecule has 0 fully saturated rings. The van der Waals surface area contributed by atoms with Crippen molar-refractivity contribution >= 4 is 10.8 Å². The molecule has 0 unspecified atom stereocenters. The highest BCUT2D eigenvalue weighted by Gasteiger charge is 2.14. The molecule has 3 aromatic rings. The first kappa shape index (κ1) is 11.7. The van der Waals surface area contributed by atoms with Crippen molar-refractivity contribution in [2.24, 2.45) is 0 Å². The molecule has 0 aliphatic heterocycles. The summed E-state index contributed by atoms with van der Waals surface area (Å²) in [6, 6.07) is 20.2. The van der Waals surface area contributed by atoms with Crippen LogP contribution in [-0.2, 0) is 12.8 Å². The lowest BCUT2D eigenvalue weighted by atomic mass is 9.86. The number of hydrogen-bond acceptors (Lipinski definition) is 0. The molecule has 2 aliphatic rings. The van der Waals surface area contributed by atoms with Crippen LogP contribution in [0.3, 0.4) is 0 Å². The van der Waals surface area contributed by atoms with Gasteiger partial charge in [-0.1, -0.05) is 54.6 Å². The number of fused-ring (bicyclic) bond motifs is 3. The Bertz CT molecular complexity index is 782. The Morgan fingerprint density at radius 3 is 2.55 bits per heavy atom. The Labute approximate surface area is 120 Å². The maximum atomic E-state index is 2.41. The SMILES string of the molecule is Cc1cc2cc3c(-c4ccccc4)ccc(c13)CCC2. The summed E-state index contributed by atoms with van der Waals surface area (Å²) in [6.45, 7) is 2.26. The van der Waals surface area contributed by atoms with Crippen LogP contribution in [-0.4, -0.2) is 0 Å². The standard InChI is InChI=1S/C20H18/c1-14-12-15-6-5-9-17-10-11-18(19(13-15)20(14)17)16-7-3-2-4-8-16/h2-4,7-8,10-13H,5-6,9H2,1H3. The molecule has 0 N–H and O–H groups in total. The van der Waals surface area contributed by atoms with Crippen molar-refractivity contribution in [1.82, 2.24) is 0 Å². The third-order valence-electron chi connectivity index (χ3n) is 4.45. The molecular weight excluding hydrogens is 240 g/mol. The third kappa shape index (κ3) is 1.76. The summed E-state index contributed by atoms with van der Waals surface area (Å²) >= 11 is 0. The predicted octanol–water partition coefficient (Wildman–Crippen LogP) is 5.30. The van der Waals surface area contributed by atoms with E-state index < -0.39 is 0 Å². The zero-order valence-corrected chi connectivity index (χ0v) is 11.8. The normalized spacial score (nSPS) is 13.7. The van der Waals surface area contributed by atoms with Crippen molar-refractivity contribution in [2.75, 3.05) is 0 Å². The minimum Gasteiger partial charge on any atom is -0.0622 e.